The molecule has 0 bridgehead atoms. The molecule has 1 atom stereocenters. The number of nitrogens with zero attached hydrogens (tertiary/aromatic N) is 1. The van der Waals surface area contributed by atoms with E-state index in [2.05, 4.69) is 20.8 Å². The van der Waals surface area contributed by atoms with E-state index < -0.39 is 0 Å². The fraction of sp³-hybridized carbons (Fsp3) is 0.385. The summed E-state index contributed by atoms with van der Waals surface area (Å²) in [6.45, 7) is 3.25. The highest BCUT2D eigenvalue weighted by atomic mass is 79.9. The van der Waals surface area contributed by atoms with Gasteiger partial charge in [0.05, 0.1) is 12.3 Å². The monoisotopic (exact) mass is 312 g/mol. The van der Waals surface area contributed by atoms with Crippen molar-refractivity contribution in [2.24, 2.45) is 5.73 Å². The van der Waals surface area contributed by atoms with Crippen molar-refractivity contribution in [2.45, 2.75) is 19.5 Å². The van der Waals surface area contributed by atoms with Gasteiger partial charge in [0, 0.05) is 18.7 Å². The van der Waals surface area contributed by atoms with E-state index in [1.807, 2.05) is 32.2 Å². The molecule has 0 saturated heterocycles. The van der Waals surface area contributed by atoms with Crippen LogP contribution in [0.3, 0.4) is 0 Å². The highest BCUT2D eigenvalue weighted by Gasteiger charge is 2.20. The van der Waals surface area contributed by atoms with Crippen LogP contribution in [0.25, 0.3) is 0 Å². The fourth-order valence-corrected chi connectivity index (χ4v) is 2.29. The van der Waals surface area contributed by atoms with Gasteiger partial charge in [-0.1, -0.05) is 0 Å². The Bertz CT molecular complexity index is 507. The second kappa shape index (κ2) is 5.73. The van der Waals surface area contributed by atoms with E-state index in [1.165, 1.54) is 5.56 Å². The molecule has 1 unspecified atom stereocenters. The highest BCUT2D eigenvalue weighted by molar-refractivity contribution is 9.10. The Kier molecular flexibility index (Phi) is 4.27. The predicted octanol–water partition coefficient (Wildman–Crippen LogP) is 3.08. The van der Waals surface area contributed by atoms with E-state index in [0.29, 0.717) is 6.54 Å². The Morgan fingerprint density at radius 1 is 1.39 bits per heavy atom. The molecule has 0 amide bonds. The molecule has 0 aliphatic carbocycles. The molecule has 0 aliphatic heterocycles. The summed E-state index contributed by atoms with van der Waals surface area (Å²) in [6, 6.07) is 5.87. The third-order valence-corrected chi connectivity index (χ3v) is 3.49. The van der Waals surface area contributed by atoms with Crippen LogP contribution in [0.5, 0.6) is 0 Å². The number of hydrogen-bond acceptors (Lipinski definition) is 4. The van der Waals surface area contributed by atoms with Gasteiger partial charge < -0.3 is 14.6 Å². The summed E-state index contributed by atoms with van der Waals surface area (Å²) in [5, 5.41) is 0. The number of aryl methyl sites for hydroxylation is 1. The second-order valence-corrected chi connectivity index (χ2v) is 5.09. The molecule has 0 spiro atoms. The van der Waals surface area contributed by atoms with Crippen LogP contribution in [0.4, 0.5) is 0 Å². The first kappa shape index (κ1) is 13.4. The minimum atomic E-state index is 0.0607. The van der Waals surface area contributed by atoms with Crippen molar-refractivity contribution in [3.8, 4) is 0 Å². The summed E-state index contributed by atoms with van der Waals surface area (Å²) in [5.41, 5.74) is 7.01. The number of rotatable bonds is 5. The van der Waals surface area contributed by atoms with Crippen LogP contribution in [0.1, 0.15) is 23.1 Å². The minimum Gasteiger partial charge on any atom is -0.469 e. The van der Waals surface area contributed by atoms with E-state index in [0.717, 1.165) is 22.7 Å². The molecule has 2 aromatic heterocycles. The Morgan fingerprint density at radius 3 is 2.67 bits per heavy atom. The molecule has 0 saturated carbocycles. The van der Waals surface area contributed by atoms with Crippen molar-refractivity contribution in [3.05, 3.63) is 46.2 Å². The first-order valence-corrected chi connectivity index (χ1v) is 6.59. The smallest absolute Gasteiger partial charge is 0.169 e. The Labute approximate surface area is 115 Å². The van der Waals surface area contributed by atoms with Gasteiger partial charge in [-0.3, -0.25) is 4.90 Å². The summed E-state index contributed by atoms with van der Waals surface area (Å²) in [4.78, 5) is 2.16. The van der Waals surface area contributed by atoms with Gasteiger partial charge in [0.15, 0.2) is 4.67 Å². The maximum atomic E-state index is 5.84. The van der Waals surface area contributed by atoms with Gasteiger partial charge in [-0.15, -0.1) is 0 Å². The number of halogens is 1. The summed E-state index contributed by atoms with van der Waals surface area (Å²) in [5.74, 6) is 1.81. The van der Waals surface area contributed by atoms with Crippen molar-refractivity contribution >= 4 is 15.9 Å². The molecule has 2 aromatic rings. The molecular formula is C13H17BrN2O2. The summed E-state index contributed by atoms with van der Waals surface area (Å²) < 4.78 is 11.6. The van der Waals surface area contributed by atoms with Gasteiger partial charge >= 0.3 is 0 Å². The highest BCUT2D eigenvalue weighted by Crippen LogP contribution is 2.25. The maximum Gasteiger partial charge on any atom is 0.169 e. The Balaban J connectivity index is 2.11. The van der Waals surface area contributed by atoms with E-state index >= 15 is 0 Å². The van der Waals surface area contributed by atoms with Gasteiger partial charge in [-0.25, -0.2) is 0 Å². The Hall–Kier alpha value is -1.04. The number of furan rings is 2. The average molecular weight is 313 g/mol. The van der Waals surface area contributed by atoms with Crippen molar-refractivity contribution in [1.29, 1.82) is 0 Å². The lowest BCUT2D eigenvalue weighted by Gasteiger charge is -2.24. The summed E-state index contributed by atoms with van der Waals surface area (Å²) in [7, 11) is 2.03. The predicted molar refractivity (Wildman–Crippen MR) is 73.1 cm³/mol. The molecule has 2 N–H and O–H groups in total. The van der Waals surface area contributed by atoms with Gasteiger partial charge in [-0.05, 0) is 48.1 Å². The zero-order valence-electron chi connectivity index (χ0n) is 10.5. The molecule has 2 heterocycles. The quantitative estimate of drug-likeness (QED) is 0.921. The maximum absolute atomic E-state index is 5.84. The lowest BCUT2D eigenvalue weighted by atomic mass is 10.1. The standard InChI is InChI=1S/C13H17BrN2O2/c1-9-10(5-6-17-9)8-16(2)11(7-15)12-3-4-13(14)18-12/h3-6,11H,7-8,15H2,1-2H3. The topological polar surface area (TPSA) is 55.5 Å². The minimum absolute atomic E-state index is 0.0607. The second-order valence-electron chi connectivity index (χ2n) is 4.31. The molecule has 0 fully saturated rings. The molecule has 0 aromatic carbocycles. The number of hydrogen-bond donors (Lipinski definition) is 1. The van der Waals surface area contributed by atoms with E-state index in [1.54, 1.807) is 6.26 Å². The molecule has 98 valence electrons. The first-order chi connectivity index (χ1) is 8.61. The van der Waals surface area contributed by atoms with E-state index in [-0.39, 0.29) is 6.04 Å². The van der Waals surface area contributed by atoms with Crippen molar-refractivity contribution in [2.75, 3.05) is 13.6 Å². The van der Waals surface area contributed by atoms with Crippen LogP contribution in [0, 0.1) is 6.92 Å². The van der Waals surface area contributed by atoms with Crippen LogP contribution < -0.4 is 5.73 Å². The van der Waals surface area contributed by atoms with Gasteiger partial charge in [0.1, 0.15) is 11.5 Å². The zero-order chi connectivity index (χ0) is 13.1. The Morgan fingerprint density at radius 2 is 2.17 bits per heavy atom. The lowest BCUT2D eigenvalue weighted by molar-refractivity contribution is 0.210. The van der Waals surface area contributed by atoms with Crippen molar-refractivity contribution < 1.29 is 8.83 Å². The van der Waals surface area contributed by atoms with Gasteiger partial charge in [0.2, 0.25) is 0 Å². The van der Waals surface area contributed by atoms with Crippen molar-refractivity contribution in [1.82, 2.24) is 4.90 Å². The lowest BCUT2D eigenvalue weighted by Crippen LogP contribution is -2.29. The van der Waals surface area contributed by atoms with Gasteiger partial charge in [-0.2, -0.15) is 0 Å². The third kappa shape index (κ3) is 2.85. The number of nitrogens with two attached hydrogens (primary N) is 1. The van der Waals surface area contributed by atoms with Crippen molar-refractivity contribution in [3.63, 3.8) is 0 Å². The van der Waals surface area contributed by atoms with E-state index in [4.69, 9.17) is 14.6 Å². The molecule has 4 nitrogen and oxygen atoms in total. The summed E-state index contributed by atoms with van der Waals surface area (Å²) >= 11 is 3.31. The largest absolute Gasteiger partial charge is 0.469 e. The molecule has 0 radical (unpaired) electrons. The third-order valence-electron chi connectivity index (χ3n) is 3.06. The summed E-state index contributed by atoms with van der Waals surface area (Å²) in [6.07, 6.45) is 1.71. The van der Waals surface area contributed by atoms with Crippen LogP contribution in [0.15, 0.2) is 38.0 Å². The molecule has 2 rings (SSSR count). The van der Waals surface area contributed by atoms with Crippen LogP contribution >= 0.6 is 15.9 Å². The molecular weight excluding hydrogens is 296 g/mol. The fourth-order valence-electron chi connectivity index (χ4n) is 1.97. The SMILES string of the molecule is Cc1occc1CN(C)C(CN)c1ccc(Br)o1. The van der Waals surface area contributed by atoms with E-state index in [9.17, 15) is 0 Å². The molecule has 18 heavy (non-hydrogen) atoms. The molecule has 0 aliphatic rings. The first-order valence-electron chi connectivity index (χ1n) is 5.80. The van der Waals surface area contributed by atoms with Crippen LogP contribution in [-0.2, 0) is 6.54 Å². The zero-order valence-corrected chi connectivity index (χ0v) is 12.1. The molecule has 5 heteroatoms. The normalized spacial score (nSPS) is 13.2. The average Bonchev–Trinajstić information content (AvgIpc) is 2.91. The number of likely N-dealkylation sites (N-methyl/N-ethyl adjacent to an activating group) is 1. The van der Waals surface area contributed by atoms with Crippen LogP contribution in [-0.4, -0.2) is 18.5 Å². The van der Waals surface area contributed by atoms with Crippen LogP contribution in [0.2, 0.25) is 0 Å². The van der Waals surface area contributed by atoms with Gasteiger partial charge in [0.25, 0.3) is 0 Å².